The van der Waals surface area contributed by atoms with Crippen molar-refractivity contribution in [3.63, 3.8) is 0 Å². The van der Waals surface area contributed by atoms with Crippen LogP contribution in [-0.2, 0) is 4.79 Å². The minimum absolute atomic E-state index is 0.0386. The first-order chi connectivity index (χ1) is 9.80. The van der Waals surface area contributed by atoms with Crippen molar-refractivity contribution in [2.24, 2.45) is 5.41 Å². The van der Waals surface area contributed by atoms with E-state index in [1.807, 2.05) is 0 Å². The fourth-order valence-corrected chi connectivity index (χ4v) is 3.43. The fourth-order valence-electron chi connectivity index (χ4n) is 3.43. The Morgan fingerprint density at radius 3 is 2.38 bits per heavy atom. The minimum Gasteiger partial charge on any atom is -0.325 e. The molecule has 1 N–H and O–H groups in total. The number of rotatable bonds is 9. The van der Waals surface area contributed by atoms with Gasteiger partial charge in [0.2, 0.25) is 5.91 Å². The van der Waals surface area contributed by atoms with Crippen LogP contribution < -0.4 is 5.32 Å². The molecule has 0 aromatic heterocycles. The molecule has 0 aromatic rings. The molecule has 4 heteroatoms. The van der Waals surface area contributed by atoms with E-state index in [1.54, 1.807) is 0 Å². The minimum atomic E-state index is 0.0386. The van der Waals surface area contributed by atoms with Crippen molar-refractivity contribution in [1.82, 2.24) is 15.1 Å². The molecule has 0 aromatic carbocycles. The Hall–Kier alpha value is -0.610. The van der Waals surface area contributed by atoms with Gasteiger partial charge in [-0.1, -0.05) is 47.0 Å². The Morgan fingerprint density at radius 1 is 1.19 bits per heavy atom. The highest BCUT2D eigenvalue weighted by atomic mass is 16.2. The van der Waals surface area contributed by atoms with Gasteiger partial charge in [0.1, 0.15) is 0 Å². The zero-order valence-corrected chi connectivity index (χ0v) is 14.9. The second-order valence-corrected chi connectivity index (χ2v) is 7.53. The van der Waals surface area contributed by atoms with Crippen molar-refractivity contribution < 1.29 is 4.79 Å². The van der Waals surface area contributed by atoms with Gasteiger partial charge in [0.15, 0.2) is 0 Å². The number of hydrogen-bond donors (Lipinski definition) is 1. The van der Waals surface area contributed by atoms with E-state index >= 15 is 0 Å². The first-order valence-electron chi connectivity index (χ1n) is 8.52. The molecule has 1 aliphatic rings. The van der Waals surface area contributed by atoms with Crippen LogP contribution in [0, 0.1) is 5.41 Å². The summed E-state index contributed by atoms with van der Waals surface area (Å²) in [6.07, 6.45) is 5.63. The smallest absolute Gasteiger partial charge is 0.241 e. The van der Waals surface area contributed by atoms with Crippen LogP contribution >= 0.6 is 0 Å². The van der Waals surface area contributed by atoms with Crippen LogP contribution in [0.1, 0.15) is 59.8 Å². The fraction of sp³-hybridized carbons (Fsp3) is 0.941. The van der Waals surface area contributed by atoms with E-state index in [1.165, 1.54) is 0 Å². The Balaban J connectivity index is 2.73. The van der Waals surface area contributed by atoms with Crippen LogP contribution in [0.3, 0.4) is 0 Å². The van der Waals surface area contributed by atoms with Crippen molar-refractivity contribution in [2.45, 2.75) is 72.0 Å². The van der Waals surface area contributed by atoms with Gasteiger partial charge >= 0.3 is 0 Å². The van der Waals surface area contributed by atoms with E-state index in [4.69, 9.17) is 0 Å². The van der Waals surface area contributed by atoms with Gasteiger partial charge in [0, 0.05) is 13.1 Å². The van der Waals surface area contributed by atoms with Gasteiger partial charge < -0.3 is 9.80 Å². The van der Waals surface area contributed by atoms with Crippen molar-refractivity contribution >= 4 is 5.91 Å². The van der Waals surface area contributed by atoms with Crippen molar-refractivity contribution in [3.05, 3.63) is 0 Å². The van der Waals surface area contributed by atoms with E-state index in [2.05, 4.69) is 56.9 Å². The van der Waals surface area contributed by atoms with Gasteiger partial charge in [0.05, 0.1) is 12.2 Å². The summed E-state index contributed by atoms with van der Waals surface area (Å²) in [5.41, 5.74) is 0.118. The summed E-state index contributed by atoms with van der Waals surface area (Å²) in [4.78, 5) is 17.0. The van der Waals surface area contributed by atoms with Crippen LogP contribution in [0.15, 0.2) is 0 Å². The van der Waals surface area contributed by atoms with Crippen LogP contribution in [0.25, 0.3) is 0 Å². The number of hydrogen-bond acceptors (Lipinski definition) is 3. The number of unbranched alkanes of at least 4 members (excludes halogenated alkanes) is 1. The van der Waals surface area contributed by atoms with Gasteiger partial charge in [-0.15, -0.1) is 0 Å². The Kier molecular flexibility index (Phi) is 7.14. The molecule has 124 valence electrons. The highest BCUT2D eigenvalue weighted by molar-refractivity contribution is 5.84. The zero-order chi connectivity index (χ0) is 16.0. The van der Waals surface area contributed by atoms with E-state index in [0.29, 0.717) is 5.91 Å². The molecule has 2 atom stereocenters. The molecule has 2 unspecified atom stereocenters. The van der Waals surface area contributed by atoms with Crippen molar-refractivity contribution in [2.75, 3.05) is 27.2 Å². The lowest BCUT2D eigenvalue weighted by molar-refractivity contribution is -0.131. The molecule has 1 saturated heterocycles. The topological polar surface area (TPSA) is 35.6 Å². The SMILES string of the molecule is CCCCC1NC(CCC)N(CC(C)(C)CN(C)C)C1=O. The van der Waals surface area contributed by atoms with Crippen LogP contribution in [0.5, 0.6) is 0 Å². The van der Waals surface area contributed by atoms with Crippen molar-refractivity contribution in [1.29, 1.82) is 0 Å². The molecule has 1 amide bonds. The summed E-state index contributed by atoms with van der Waals surface area (Å²) in [5, 5.41) is 3.57. The van der Waals surface area contributed by atoms with E-state index in [0.717, 1.165) is 45.2 Å². The van der Waals surface area contributed by atoms with Gasteiger partial charge in [-0.25, -0.2) is 0 Å². The van der Waals surface area contributed by atoms with Crippen LogP contribution in [0.4, 0.5) is 0 Å². The summed E-state index contributed by atoms with van der Waals surface area (Å²) in [6, 6.07) is 0.0386. The number of nitrogens with zero attached hydrogens (tertiary/aromatic N) is 2. The molecule has 0 spiro atoms. The summed E-state index contributed by atoms with van der Waals surface area (Å²) in [6.45, 7) is 10.7. The van der Waals surface area contributed by atoms with Gasteiger partial charge in [-0.2, -0.15) is 0 Å². The number of nitrogens with one attached hydrogen (secondary N) is 1. The second-order valence-electron chi connectivity index (χ2n) is 7.53. The molecule has 21 heavy (non-hydrogen) atoms. The predicted molar refractivity (Wildman–Crippen MR) is 89.2 cm³/mol. The van der Waals surface area contributed by atoms with E-state index in [-0.39, 0.29) is 17.6 Å². The summed E-state index contributed by atoms with van der Waals surface area (Å²) < 4.78 is 0. The molecular weight excluding hydrogens is 262 g/mol. The first-order valence-corrected chi connectivity index (χ1v) is 8.52. The zero-order valence-electron chi connectivity index (χ0n) is 14.9. The molecule has 4 nitrogen and oxygen atoms in total. The first kappa shape index (κ1) is 18.4. The van der Waals surface area contributed by atoms with Crippen molar-refractivity contribution in [3.8, 4) is 0 Å². The average Bonchev–Trinajstić information content (AvgIpc) is 2.63. The maximum absolute atomic E-state index is 12.7. The molecule has 1 rings (SSSR count). The third-order valence-electron chi connectivity index (χ3n) is 4.10. The van der Waals surface area contributed by atoms with E-state index < -0.39 is 0 Å². The Morgan fingerprint density at radius 2 is 1.86 bits per heavy atom. The lowest BCUT2D eigenvalue weighted by atomic mass is 9.91. The maximum Gasteiger partial charge on any atom is 0.241 e. The average molecular weight is 297 g/mol. The molecule has 1 heterocycles. The van der Waals surface area contributed by atoms with Gasteiger partial charge in [-0.05, 0) is 32.4 Å². The summed E-state index contributed by atoms with van der Waals surface area (Å²) in [7, 11) is 4.19. The lowest BCUT2D eigenvalue weighted by Gasteiger charge is -2.35. The predicted octanol–water partition coefficient (Wildman–Crippen LogP) is 2.69. The standard InChI is InChI=1S/C17H35N3O/c1-7-9-11-14-16(21)20(15(18-14)10-8-2)13-17(3,4)12-19(5)6/h14-15,18H,7-13H2,1-6H3. The molecule has 1 fully saturated rings. The lowest BCUT2D eigenvalue weighted by Crippen LogP contribution is -2.45. The van der Waals surface area contributed by atoms with Crippen LogP contribution in [0.2, 0.25) is 0 Å². The van der Waals surface area contributed by atoms with Gasteiger partial charge in [-0.3, -0.25) is 10.1 Å². The normalized spacial score (nSPS) is 23.4. The van der Waals surface area contributed by atoms with E-state index in [9.17, 15) is 4.79 Å². The number of amides is 1. The van der Waals surface area contributed by atoms with Gasteiger partial charge in [0.25, 0.3) is 0 Å². The quantitative estimate of drug-likeness (QED) is 0.711. The molecule has 1 aliphatic heterocycles. The molecule has 0 radical (unpaired) electrons. The van der Waals surface area contributed by atoms with Crippen LogP contribution in [-0.4, -0.2) is 55.1 Å². The molecule has 0 saturated carbocycles. The second kappa shape index (κ2) is 8.14. The molecule has 0 aliphatic carbocycles. The Labute approximate surface area is 131 Å². The summed E-state index contributed by atoms with van der Waals surface area (Å²) >= 11 is 0. The monoisotopic (exact) mass is 297 g/mol. The molecule has 0 bridgehead atoms. The Bertz CT molecular complexity index is 328. The highest BCUT2D eigenvalue weighted by Crippen LogP contribution is 2.25. The highest BCUT2D eigenvalue weighted by Gasteiger charge is 2.40. The number of carbonyl (C=O) groups excluding carboxylic acids is 1. The third-order valence-corrected chi connectivity index (χ3v) is 4.10. The largest absolute Gasteiger partial charge is 0.325 e. The number of carbonyl (C=O) groups is 1. The maximum atomic E-state index is 12.7. The molecular formula is C17H35N3O. The third kappa shape index (κ3) is 5.59. The summed E-state index contributed by atoms with van der Waals surface area (Å²) in [5.74, 6) is 0.314.